The first-order chi connectivity index (χ1) is 32.5. The van der Waals surface area contributed by atoms with Crippen LogP contribution in [0.15, 0.2) is 140 Å². The Morgan fingerprint density at radius 1 is 0.455 bits per heavy atom. The fraction of sp³-hybridized carbons (Fsp3) is 0.323. The van der Waals surface area contributed by atoms with E-state index in [0.29, 0.717) is 28.2 Å². The largest absolute Gasteiger partial charge is 0.507 e. The van der Waals surface area contributed by atoms with Crippen LogP contribution in [0.25, 0.3) is 72.7 Å². The lowest BCUT2D eigenvalue weighted by Gasteiger charge is -2.29. The predicted octanol–water partition coefficient (Wildman–Crippen LogP) is 16.9. The van der Waals surface area contributed by atoms with Crippen molar-refractivity contribution < 1.29 is 10.6 Å². The Kier molecular flexibility index (Phi) is 10.3. The molecule has 0 aliphatic heterocycles. The van der Waals surface area contributed by atoms with Crippen LogP contribution < -0.4 is 0 Å². The maximum Gasteiger partial charge on any atom is 0.149 e. The standard InChI is InChI=1S/C62H69N3O/c1-58(2,3)45-26-24-40(25-27-45)41-30-31-63-52(35-41)44-33-42(39-20-17-16-18-21-39)32-43(34-44)48-22-19-23-54-55(48)64-57(49-36-47(60(7,8)9)38-51(56(49)66)62(13,14)15)65(54)53-29-28-46(59(4,5)6)37-50(53)61(10,11)12/h16-38,66H,1-15H3/i24D,25D,26D,27D. The molecule has 0 aliphatic carbocycles. The van der Waals surface area contributed by atoms with E-state index in [0.717, 1.165) is 55.7 Å². The summed E-state index contributed by atoms with van der Waals surface area (Å²) in [5.74, 6) is 0.869. The van der Waals surface area contributed by atoms with Gasteiger partial charge in [0, 0.05) is 22.9 Å². The number of fused-ring (bicyclic) bond motifs is 1. The van der Waals surface area contributed by atoms with Gasteiger partial charge in [0.25, 0.3) is 0 Å². The summed E-state index contributed by atoms with van der Waals surface area (Å²) < 4.78 is 38.5. The second-order valence-corrected chi connectivity index (χ2v) is 23.2. The summed E-state index contributed by atoms with van der Waals surface area (Å²) in [6.45, 7) is 32.3. The summed E-state index contributed by atoms with van der Waals surface area (Å²) in [5.41, 5.74) is 12.6. The molecule has 66 heavy (non-hydrogen) atoms. The molecule has 0 amide bonds. The Morgan fingerprint density at radius 3 is 1.68 bits per heavy atom. The van der Waals surface area contributed by atoms with Gasteiger partial charge in [0.05, 0.1) is 33.5 Å². The highest BCUT2D eigenvalue weighted by atomic mass is 16.3. The first kappa shape index (κ1) is 41.2. The highest BCUT2D eigenvalue weighted by Gasteiger charge is 2.31. The lowest BCUT2D eigenvalue weighted by Crippen LogP contribution is -2.19. The lowest BCUT2D eigenvalue weighted by molar-refractivity contribution is 0.446. The van der Waals surface area contributed by atoms with Crippen LogP contribution in [0.3, 0.4) is 0 Å². The number of benzene rings is 6. The molecule has 0 unspecified atom stereocenters. The molecule has 0 saturated heterocycles. The van der Waals surface area contributed by atoms with Crippen LogP contribution in [0.1, 0.15) is 137 Å². The minimum atomic E-state index is -0.576. The van der Waals surface area contributed by atoms with E-state index in [1.54, 1.807) is 12.3 Å². The molecule has 8 aromatic rings. The molecule has 6 aromatic carbocycles. The molecule has 0 spiro atoms. The molecule has 2 aromatic heterocycles. The molecule has 0 radical (unpaired) electrons. The van der Waals surface area contributed by atoms with Crippen molar-refractivity contribution in [3.63, 3.8) is 0 Å². The summed E-state index contributed by atoms with van der Waals surface area (Å²) in [6.07, 6.45) is 1.68. The van der Waals surface area contributed by atoms with Crippen molar-refractivity contribution in [3.8, 4) is 67.5 Å². The molecule has 4 nitrogen and oxygen atoms in total. The molecule has 1 N–H and O–H groups in total. The number of phenolic OH excluding ortho intramolecular Hbond substituents is 1. The highest BCUT2D eigenvalue weighted by Crippen LogP contribution is 2.46. The number of aromatic hydroxyl groups is 1. The Balaban J connectivity index is 1.45. The molecule has 0 atom stereocenters. The van der Waals surface area contributed by atoms with E-state index in [1.807, 2.05) is 45.0 Å². The van der Waals surface area contributed by atoms with Crippen molar-refractivity contribution in [1.29, 1.82) is 0 Å². The molecule has 0 fully saturated rings. The monoisotopic (exact) mass is 876 g/mol. The lowest BCUT2D eigenvalue weighted by atomic mass is 9.78. The zero-order valence-electron chi connectivity index (χ0n) is 45.8. The average molecular weight is 876 g/mol. The van der Waals surface area contributed by atoms with Gasteiger partial charge in [0.1, 0.15) is 11.6 Å². The molecule has 0 aliphatic rings. The Labute approximate surface area is 400 Å². The minimum absolute atomic E-state index is 0.0324. The number of rotatable bonds is 6. The third-order valence-corrected chi connectivity index (χ3v) is 12.7. The molecular weight excluding hydrogens is 803 g/mol. The van der Waals surface area contributed by atoms with Crippen molar-refractivity contribution in [3.05, 3.63) is 167 Å². The van der Waals surface area contributed by atoms with Crippen LogP contribution in [0.5, 0.6) is 5.75 Å². The van der Waals surface area contributed by atoms with Crippen molar-refractivity contribution in [1.82, 2.24) is 14.5 Å². The van der Waals surface area contributed by atoms with Gasteiger partial charge in [-0.3, -0.25) is 9.55 Å². The SMILES string of the molecule is [2H]c1c([2H])c(C(C)(C)C)c([2H])c([2H])c1-c1ccnc(-c2cc(-c3ccccc3)cc(-c3cccc4c3nc(-c3cc(C(C)(C)C)cc(C(C)(C)C)c3O)n4-c3ccc(C(C)(C)C)cc3C(C)(C)C)c2)c1. The number of phenols is 1. The number of pyridine rings is 1. The molecular formula is C62H69N3O. The van der Waals surface area contributed by atoms with Gasteiger partial charge in [-0.25, -0.2) is 4.98 Å². The maximum absolute atomic E-state index is 12.6. The van der Waals surface area contributed by atoms with Gasteiger partial charge in [-0.05, 0) is 126 Å². The summed E-state index contributed by atoms with van der Waals surface area (Å²) in [4.78, 5) is 10.6. The average Bonchev–Trinajstić information content (AvgIpc) is 3.66. The summed E-state index contributed by atoms with van der Waals surface area (Å²) >= 11 is 0. The van der Waals surface area contributed by atoms with E-state index in [4.69, 9.17) is 15.5 Å². The number of imidazole rings is 1. The van der Waals surface area contributed by atoms with Crippen molar-refractivity contribution in [2.75, 3.05) is 0 Å². The van der Waals surface area contributed by atoms with Gasteiger partial charge < -0.3 is 5.11 Å². The van der Waals surface area contributed by atoms with Crippen molar-refractivity contribution >= 4 is 11.0 Å². The zero-order chi connectivity index (χ0) is 51.2. The topological polar surface area (TPSA) is 50.9 Å². The first-order valence-electron chi connectivity index (χ1n) is 25.3. The van der Waals surface area contributed by atoms with E-state index >= 15 is 0 Å². The van der Waals surface area contributed by atoms with Gasteiger partial charge >= 0.3 is 0 Å². The predicted molar refractivity (Wildman–Crippen MR) is 281 cm³/mol. The summed E-state index contributed by atoms with van der Waals surface area (Å²) in [6, 6.07) is 37.5. The quantitative estimate of drug-likeness (QED) is 0.181. The van der Waals surface area contributed by atoms with E-state index in [-0.39, 0.29) is 57.1 Å². The Hall–Kier alpha value is -6.26. The van der Waals surface area contributed by atoms with Crippen LogP contribution in [-0.4, -0.2) is 19.6 Å². The van der Waals surface area contributed by atoms with Gasteiger partial charge in [-0.1, -0.05) is 189 Å². The van der Waals surface area contributed by atoms with Crippen LogP contribution in [0.4, 0.5) is 0 Å². The highest BCUT2D eigenvalue weighted by molar-refractivity contribution is 5.98. The third kappa shape index (κ3) is 9.12. The second-order valence-electron chi connectivity index (χ2n) is 23.2. The normalized spacial score (nSPS) is 13.7. The summed E-state index contributed by atoms with van der Waals surface area (Å²) in [7, 11) is 0. The second kappa shape index (κ2) is 16.6. The number of nitrogens with zero attached hydrogens (tertiary/aromatic N) is 3. The van der Waals surface area contributed by atoms with Gasteiger partial charge in [0.2, 0.25) is 0 Å². The molecule has 2 heterocycles. The Morgan fingerprint density at radius 2 is 1.06 bits per heavy atom. The minimum Gasteiger partial charge on any atom is -0.507 e. The smallest absolute Gasteiger partial charge is 0.149 e. The van der Waals surface area contributed by atoms with Crippen LogP contribution in [-0.2, 0) is 27.1 Å². The van der Waals surface area contributed by atoms with Crippen molar-refractivity contribution in [2.45, 2.75) is 131 Å². The summed E-state index contributed by atoms with van der Waals surface area (Å²) in [5, 5.41) is 12.6. The van der Waals surface area contributed by atoms with Crippen molar-refractivity contribution in [2.24, 2.45) is 0 Å². The number of hydrogen-bond acceptors (Lipinski definition) is 3. The van der Waals surface area contributed by atoms with Crippen LogP contribution in [0.2, 0.25) is 0 Å². The van der Waals surface area contributed by atoms with E-state index in [2.05, 4.69) is 167 Å². The molecule has 338 valence electrons. The van der Waals surface area contributed by atoms with E-state index in [1.165, 1.54) is 11.1 Å². The van der Waals surface area contributed by atoms with Crippen LogP contribution >= 0.6 is 0 Å². The third-order valence-electron chi connectivity index (χ3n) is 12.7. The van der Waals surface area contributed by atoms with E-state index in [9.17, 15) is 5.11 Å². The number of aromatic nitrogens is 3. The first-order valence-corrected chi connectivity index (χ1v) is 23.3. The van der Waals surface area contributed by atoms with E-state index < -0.39 is 5.41 Å². The van der Waals surface area contributed by atoms with Crippen LogP contribution in [0, 0.1) is 0 Å². The number of hydrogen-bond donors (Lipinski definition) is 1. The molecule has 0 bridgehead atoms. The maximum atomic E-state index is 12.6. The zero-order valence-corrected chi connectivity index (χ0v) is 41.8. The Bertz CT molecular complexity index is 3300. The van der Waals surface area contributed by atoms with Gasteiger partial charge in [-0.2, -0.15) is 0 Å². The molecule has 0 saturated carbocycles. The van der Waals surface area contributed by atoms with Gasteiger partial charge in [-0.15, -0.1) is 0 Å². The van der Waals surface area contributed by atoms with Gasteiger partial charge in [0.15, 0.2) is 0 Å². The fourth-order valence-electron chi connectivity index (χ4n) is 8.67. The fourth-order valence-corrected chi connectivity index (χ4v) is 8.67. The molecule has 4 heteroatoms. The number of para-hydroxylation sites is 1. The molecule has 8 rings (SSSR count).